The second-order valence-corrected chi connectivity index (χ2v) is 5.50. The van der Waals surface area contributed by atoms with Crippen molar-refractivity contribution in [1.82, 2.24) is 0 Å². The molecular formula is C20H17NO. The summed E-state index contributed by atoms with van der Waals surface area (Å²) in [7, 11) is 0. The molecule has 0 saturated heterocycles. The highest BCUT2D eigenvalue weighted by Crippen LogP contribution is 2.39. The van der Waals surface area contributed by atoms with Crippen molar-refractivity contribution in [2.75, 3.05) is 0 Å². The maximum atomic E-state index is 10.7. The van der Waals surface area contributed by atoms with Crippen LogP contribution >= 0.6 is 0 Å². The van der Waals surface area contributed by atoms with Gasteiger partial charge < -0.3 is 0 Å². The molecule has 0 saturated carbocycles. The maximum Gasteiger partial charge on any atom is 0.108 e. The van der Waals surface area contributed by atoms with Crippen LogP contribution in [0.5, 0.6) is 0 Å². The lowest BCUT2D eigenvalue weighted by Gasteiger charge is -2.32. The molecule has 0 aliphatic rings. The SMILES string of the molecule is CC(c1ccccc1)(c1ccccc1)c1ccc(N=O)cc1. The molecule has 0 spiro atoms. The van der Waals surface area contributed by atoms with Crippen molar-refractivity contribution >= 4 is 5.69 Å². The fourth-order valence-corrected chi connectivity index (χ4v) is 2.90. The Bertz CT molecular complexity index is 709. The minimum absolute atomic E-state index is 0.274. The van der Waals surface area contributed by atoms with Gasteiger partial charge in [-0.3, -0.25) is 0 Å². The molecule has 0 bridgehead atoms. The van der Waals surface area contributed by atoms with E-state index in [2.05, 4.69) is 60.6 Å². The van der Waals surface area contributed by atoms with Crippen molar-refractivity contribution in [3.63, 3.8) is 0 Å². The van der Waals surface area contributed by atoms with Crippen molar-refractivity contribution in [2.24, 2.45) is 5.18 Å². The Morgan fingerprint density at radius 1 is 0.636 bits per heavy atom. The zero-order chi connectivity index (χ0) is 15.4. The molecule has 3 rings (SSSR count). The van der Waals surface area contributed by atoms with Crippen LogP contribution in [0, 0.1) is 4.91 Å². The first-order valence-corrected chi connectivity index (χ1v) is 7.30. The molecule has 2 nitrogen and oxygen atoms in total. The van der Waals surface area contributed by atoms with Crippen molar-refractivity contribution in [3.8, 4) is 0 Å². The summed E-state index contributed by atoms with van der Waals surface area (Å²) in [5.41, 5.74) is 3.75. The van der Waals surface area contributed by atoms with Crippen molar-refractivity contribution in [2.45, 2.75) is 12.3 Å². The van der Waals surface area contributed by atoms with Crippen LogP contribution in [0.25, 0.3) is 0 Å². The highest BCUT2D eigenvalue weighted by Gasteiger charge is 2.30. The third kappa shape index (κ3) is 2.44. The van der Waals surface area contributed by atoms with Gasteiger partial charge in [0.2, 0.25) is 0 Å². The molecule has 0 aromatic heterocycles. The lowest BCUT2D eigenvalue weighted by Crippen LogP contribution is -2.25. The Morgan fingerprint density at radius 3 is 1.45 bits per heavy atom. The number of nitroso groups, excluding NO2 is 1. The van der Waals surface area contributed by atoms with Gasteiger partial charge in [0.05, 0.1) is 0 Å². The average molecular weight is 287 g/mol. The number of hydrogen-bond acceptors (Lipinski definition) is 2. The summed E-state index contributed by atoms with van der Waals surface area (Å²) in [6.45, 7) is 2.21. The van der Waals surface area contributed by atoms with Crippen LogP contribution in [0.2, 0.25) is 0 Å². The first kappa shape index (κ1) is 14.2. The Labute approximate surface area is 130 Å². The van der Waals surface area contributed by atoms with E-state index in [1.54, 1.807) is 12.1 Å². The van der Waals surface area contributed by atoms with E-state index in [1.807, 2.05) is 24.3 Å². The van der Waals surface area contributed by atoms with Gasteiger partial charge in [0.1, 0.15) is 5.69 Å². The van der Waals surface area contributed by atoms with Crippen LogP contribution in [0.1, 0.15) is 23.6 Å². The standard InChI is InChI=1S/C20H17NO/c1-20(16-8-4-2-5-9-16,17-10-6-3-7-11-17)18-12-14-19(21-22)15-13-18/h2-15H,1H3. The minimum Gasteiger partial charge on any atom is -0.145 e. The van der Waals surface area contributed by atoms with Crippen LogP contribution in [0.4, 0.5) is 5.69 Å². The topological polar surface area (TPSA) is 29.4 Å². The number of benzene rings is 3. The van der Waals surface area contributed by atoms with Gasteiger partial charge in [-0.05, 0) is 40.9 Å². The smallest absolute Gasteiger partial charge is 0.108 e. The van der Waals surface area contributed by atoms with Crippen molar-refractivity contribution < 1.29 is 0 Å². The summed E-state index contributed by atoms with van der Waals surface area (Å²) in [5.74, 6) is 0. The van der Waals surface area contributed by atoms with E-state index in [0.29, 0.717) is 5.69 Å². The normalized spacial score (nSPS) is 11.1. The predicted molar refractivity (Wildman–Crippen MR) is 90.3 cm³/mol. The summed E-state index contributed by atoms with van der Waals surface area (Å²) in [4.78, 5) is 10.7. The average Bonchev–Trinajstić information content (AvgIpc) is 2.62. The largest absolute Gasteiger partial charge is 0.145 e. The number of nitrogens with zero attached hydrogens (tertiary/aromatic N) is 1. The Balaban J connectivity index is 2.20. The van der Waals surface area contributed by atoms with Gasteiger partial charge in [-0.25, -0.2) is 0 Å². The van der Waals surface area contributed by atoms with Gasteiger partial charge in [0.15, 0.2) is 0 Å². The summed E-state index contributed by atoms with van der Waals surface area (Å²) in [5, 5.41) is 2.99. The fourth-order valence-electron chi connectivity index (χ4n) is 2.90. The molecule has 22 heavy (non-hydrogen) atoms. The van der Waals surface area contributed by atoms with E-state index >= 15 is 0 Å². The molecule has 3 aromatic rings. The van der Waals surface area contributed by atoms with Gasteiger partial charge in [-0.15, -0.1) is 4.91 Å². The maximum absolute atomic E-state index is 10.7. The molecule has 0 heterocycles. The van der Waals surface area contributed by atoms with E-state index in [4.69, 9.17) is 0 Å². The van der Waals surface area contributed by atoms with E-state index in [9.17, 15) is 4.91 Å². The van der Waals surface area contributed by atoms with E-state index in [0.717, 1.165) is 5.56 Å². The molecule has 0 aliphatic carbocycles. The van der Waals surface area contributed by atoms with Gasteiger partial charge >= 0.3 is 0 Å². The second kappa shape index (κ2) is 5.94. The number of rotatable bonds is 4. The molecule has 0 aliphatic heterocycles. The lowest BCUT2D eigenvalue weighted by molar-refractivity contribution is 0.692. The molecule has 0 N–H and O–H groups in total. The van der Waals surface area contributed by atoms with Crippen LogP contribution in [0.15, 0.2) is 90.1 Å². The first-order chi connectivity index (χ1) is 10.7. The van der Waals surface area contributed by atoms with Crippen LogP contribution in [0.3, 0.4) is 0 Å². The van der Waals surface area contributed by atoms with E-state index < -0.39 is 0 Å². The molecule has 2 heteroatoms. The van der Waals surface area contributed by atoms with Crippen molar-refractivity contribution in [1.29, 1.82) is 0 Å². The molecule has 0 amide bonds. The second-order valence-electron chi connectivity index (χ2n) is 5.50. The third-order valence-corrected chi connectivity index (χ3v) is 4.25. The van der Waals surface area contributed by atoms with E-state index in [1.165, 1.54) is 11.1 Å². The highest BCUT2D eigenvalue weighted by molar-refractivity contribution is 5.51. The van der Waals surface area contributed by atoms with Crippen LogP contribution in [-0.2, 0) is 5.41 Å². The summed E-state index contributed by atoms with van der Waals surface area (Å²) in [6.07, 6.45) is 0. The molecule has 3 aromatic carbocycles. The van der Waals surface area contributed by atoms with Gasteiger partial charge in [0, 0.05) is 5.41 Å². The quantitative estimate of drug-likeness (QED) is 0.464. The molecule has 0 fully saturated rings. The van der Waals surface area contributed by atoms with E-state index in [-0.39, 0.29) is 5.41 Å². The summed E-state index contributed by atoms with van der Waals surface area (Å²) in [6, 6.07) is 28.3. The van der Waals surface area contributed by atoms with Gasteiger partial charge in [-0.2, -0.15) is 0 Å². The zero-order valence-electron chi connectivity index (χ0n) is 12.4. The monoisotopic (exact) mass is 287 g/mol. The molecular weight excluding hydrogens is 270 g/mol. The van der Waals surface area contributed by atoms with Gasteiger partial charge in [-0.1, -0.05) is 72.8 Å². The zero-order valence-corrected chi connectivity index (χ0v) is 12.4. The lowest BCUT2D eigenvalue weighted by atomic mass is 9.71. The number of hydrogen-bond donors (Lipinski definition) is 0. The Kier molecular flexibility index (Phi) is 3.84. The summed E-state index contributed by atoms with van der Waals surface area (Å²) < 4.78 is 0. The molecule has 0 unspecified atom stereocenters. The fraction of sp³-hybridized carbons (Fsp3) is 0.100. The molecule has 0 atom stereocenters. The Morgan fingerprint density at radius 2 is 1.05 bits per heavy atom. The summed E-state index contributed by atoms with van der Waals surface area (Å²) >= 11 is 0. The minimum atomic E-state index is -0.274. The first-order valence-electron chi connectivity index (χ1n) is 7.30. The Hall–Kier alpha value is -2.74. The predicted octanol–water partition coefficient (Wildman–Crippen LogP) is 5.44. The van der Waals surface area contributed by atoms with Crippen LogP contribution < -0.4 is 0 Å². The van der Waals surface area contributed by atoms with Gasteiger partial charge in [0.25, 0.3) is 0 Å². The highest BCUT2D eigenvalue weighted by atomic mass is 16.3. The third-order valence-electron chi connectivity index (χ3n) is 4.25. The molecule has 0 radical (unpaired) electrons. The van der Waals surface area contributed by atoms with Crippen LogP contribution in [-0.4, -0.2) is 0 Å². The van der Waals surface area contributed by atoms with Crippen molar-refractivity contribution in [3.05, 3.63) is 107 Å². The molecule has 108 valence electrons.